The van der Waals surface area contributed by atoms with E-state index in [0.29, 0.717) is 23.4 Å². The van der Waals surface area contributed by atoms with Crippen molar-refractivity contribution in [2.24, 2.45) is 0 Å². The lowest BCUT2D eigenvalue weighted by Gasteiger charge is -2.09. The van der Waals surface area contributed by atoms with Crippen LogP contribution in [0.1, 0.15) is 6.42 Å². The SMILES string of the molecule is C=CCCOCCNS(=O)(=O)c1ccc(N)cc1Br. The van der Waals surface area contributed by atoms with Crippen molar-refractivity contribution in [1.82, 2.24) is 4.72 Å². The Labute approximate surface area is 122 Å². The summed E-state index contributed by atoms with van der Waals surface area (Å²) in [5.41, 5.74) is 6.06. The fourth-order valence-electron chi connectivity index (χ4n) is 1.33. The van der Waals surface area contributed by atoms with Gasteiger partial charge in [-0.25, -0.2) is 13.1 Å². The van der Waals surface area contributed by atoms with E-state index in [1.54, 1.807) is 18.2 Å². The van der Waals surface area contributed by atoms with Crippen molar-refractivity contribution in [2.45, 2.75) is 11.3 Å². The predicted molar refractivity (Wildman–Crippen MR) is 79.4 cm³/mol. The molecule has 1 aromatic carbocycles. The molecule has 0 saturated heterocycles. The molecule has 0 heterocycles. The number of rotatable bonds is 8. The van der Waals surface area contributed by atoms with Gasteiger partial charge in [-0.1, -0.05) is 6.08 Å². The van der Waals surface area contributed by atoms with Crippen molar-refractivity contribution in [1.29, 1.82) is 0 Å². The van der Waals surface area contributed by atoms with Gasteiger partial charge in [-0.2, -0.15) is 0 Å². The second-order valence-electron chi connectivity index (χ2n) is 3.78. The van der Waals surface area contributed by atoms with Crippen LogP contribution in [0.4, 0.5) is 5.69 Å². The van der Waals surface area contributed by atoms with Crippen LogP contribution in [0.2, 0.25) is 0 Å². The topological polar surface area (TPSA) is 81.4 Å². The van der Waals surface area contributed by atoms with Gasteiger partial charge in [0, 0.05) is 16.7 Å². The minimum Gasteiger partial charge on any atom is -0.399 e. The minimum atomic E-state index is -3.55. The number of nitrogen functional groups attached to an aromatic ring is 1. The number of nitrogens with two attached hydrogens (primary N) is 1. The number of nitrogens with one attached hydrogen (secondary N) is 1. The Kier molecular flexibility index (Phi) is 6.50. The van der Waals surface area contributed by atoms with Gasteiger partial charge in [-0.15, -0.1) is 6.58 Å². The summed E-state index contributed by atoms with van der Waals surface area (Å²) in [6.45, 7) is 4.64. The van der Waals surface area contributed by atoms with E-state index >= 15 is 0 Å². The summed E-state index contributed by atoms with van der Waals surface area (Å²) in [5.74, 6) is 0. The molecule has 0 aliphatic heterocycles. The highest BCUT2D eigenvalue weighted by atomic mass is 79.9. The van der Waals surface area contributed by atoms with Gasteiger partial charge in [-0.3, -0.25) is 0 Å². The van der Waals surface area contributed by atoms with Gasteiger partial charge >= 0.3 is 0 Å². The van der Waals surface area contributed by atoms with E-state index in [2.05, 4.69) is 27.2 Å². The maximum absolute atomic E-state index is 12.0. The third-order valence-electron chi connectivity index (χ3n) is 2.25. The zero-order valence-electron chi connectivity index (χ0n) is 10.4. The molecule has 0 aliphatic carbocycles. The predicted octanol–water partition coefficient (Wildman–Crippen LogP) is 1.90. The summed E-state index contributed by atoms with van der Waals surface area (Å²) in [6.07, 6.45) is 2.49. The lowest BCUT2D eigenvalue weighted by Crippen LogP contribution is -2.27. The Morgan fingerprint density at radius 2 is 2.16 bits per heavy atom. The van der Waals surface area contributed by atoms with Gasteiger partial charge in [0.15, 0.2) is 0 Å². The third-order valence-corrected chi connectivity index (χ3v) is 4.69. The molecule has 0 spiro atoms. The van der Waals surface area contributed by atoms with Crippen LogP contribution in [0.3, 0.4) is 0 Å². The van der Waals surface area contributed by atoms with Crippen molar-refractivity contribution in [3.63, 3.8) is 0 Å². The standard InChI is InChI=1S/C12H17BrN2O3S/c1-2-3-7-18-8-6-15-19(16,17)12-5-4-10(14)9-11(12)13/h2,4-5,9,15H,1,3,6-8,14H2. The van der Waals surface area contributed by atoms with Crippen LogP contribution in [-0.2, 0) is 14.8 Å². The molecule has 1 rings (SSSR count). The number of anilines is 1. The fourth-order valence-corrected chi connectivity index (χ4v) is 3.44. The first kappa shape index (κ1) is 16.2. The van der Waals surface area contributed by atoms with E-state index in [1.165, 1.54) is 6.07 Å². The molecule has 0 aromatic heterocycles. The van der Waals surface area contributed by atoms with Crippen LogP contribution in [0, 0.1) is 0 Å². The van der Waals surface area contributed by atoms with Crippen LogP contribution < -0.4 is 10.5 Å². The Morgan fingerprint density at radius 3 is 2.79 bits per heavy atom. The summed E-state index contributed by atoms with van der Waals surface area (Å²) in [4.78, 5) is 0.160. The van der Waals surface area contributed by atoms with Crippen molar-refractivity contribution in [3.8, 4) is 0 Å². The van der Waals surface area contributed by atoms with Gasteiger partial charge in [0.25, 0.3) is 0 Å². The monoisotopic (exact) mass is 348 g/mol. The van der Waals surface area contributed by atoms with Crippen molar-refractivity contribution in [3.05, 3.63) is 35.3 Å². The highest BCUT2D eigenvalue weighted by Crippen LogP contribution is 2.23. The molecule has 106 valence electrons. The Morgan fingerprint density at radius 1 is 1.42 bits per heavy atom. The molecule has 0 fully saturated rings. The summed E-state index contributed by atoms with van der Waals surface area (Å²) in [5, 5.41) is 0. The second kappa shape index (κ2) is 7.64. The van der Waals surface area contributed by atoms with Gasteiger partial charge < -0.3 is 10.5 Å². The molecule has 0 unspecified atom stereocenters. The molecule has 7 heteroatoms. The number of hydrogen-bond acceptors (Lipinski definition) is 4. The van der Waals surface area contributed by atoms with Gasteiger partial charge in [-0.05, 0) is 40.5 Å². The maximum Gasteiger partial charge on any atom is 0.241 e. The number of hydrogen-bond donors (Lipinski definition) is 2. The molecule has 1 aromatic rings. The molecular weight excluding hydrogens is 332 g/mol. The largest absolute Gasteiger partial charge is 0.399 e. The fraction of sp³-hybridized carbons (Fsp3) is 0.333. The zero-order chi connectivity index (χ0) is 14.3. The number of ether oxygens (including phenoxy) is 1. The smallest absolute Gasteiger partial charge is 0.241 e. The van der Waals surface area contributed by atoms with Gasteiger partial charge in [0.05, 0.1) is 18.1 Å². The quantitative estimate of drug-likeness (QED) is 0.427. The number of sulfonamides is 1. The molecule has 0 radical (unpaired) electrons. The van der Waals surface area contributed by atoms with Gasteiger partial charge in [0.1, 0.15) is 0 Å². The molecular formula is C12H17BrN2O3S. The van der Waals surface area contributed by atoms with Crippen molar-refractivity contribution < 1.29 is 13.2 Å². The molecule has 0 saturated carbocycles. The zero-order valence-corrected chi connectivity index (χ0v) is 12.8. The van der Waals surface area contributed by atoms with Crippen LogP contribution in [-0.4, -0.2) is 28.2 Å². The first-order valence-electron chi connectivity index (χ1n) is 5.70. The Balaban J connectivity index is 2.54. The van der Waals surface area contributed by atoms with E-state index in [4.69, 9.17) is 10.5 Å². The molecule has 5 nitrogen and oxygen atoms in total. The van der Waals surface area contributed by atoms with E-state index < -0.39 is 10.0 Å². The van der Waals surface area contributed by atoms with Crippen LogP contribution in [0.25, 0.3) is 0 Å². The van der Waals surface area contributed by atoms with Crippen molar-refractivity contribution in [2.75, 3.05) is 25.5 Å². The molecule has 3 N–H and O–H groups in total. The molecule has 0 aliphatic rings. The Hall–Kier alpha value is -0.890. The average Bonchev–Trinajstić information content (AvgIpc) is 2.33. The first-order chi connectivity index (χ1) is 8.97. The van der Waals surface area contributed by atoms with E-state index in [-0.39, 0.29) is 11.4 Å². The lowest BCUT2D eigenvalue weighted by atomic mass is 10.3. The normalized spacial score (nSPS) is 11.4. The summed E-state index contributed by atoms with van der Waals surface area (Å²) >= 11 is 3.18. The van der Waals surface area contributed by atoms with Crippen LogP contribution >= 0.6 is 15.9 Å². The molecule has 0 bridgehead atoms. The molecule has 19 heavy (non-hydrogen) atoms. The lowest BCUT2D eigenvalue weighted by molar-refractivity contribution is 0.144. The highest BCUT2D eigenvalue weighted by molar-refractivity contribution is 9.10. The average molecular weight is 349 g/mol. The van der Waals surface area contributed by atoms with Crippen LogP contribution in [0.5, 0.6) is 0 Å². The third kappa shape index (κ3) is 5.32. The molecule has 0 atom stereocenters. The van der Waals surface area contributed by atoms with E-state index in [0.717, 1.165) is 6.42 Å². The van der Waals surface area contributed by atoms with Crippen LogP contribution in [0.15, 0.2) is 40.2 Å². The molecule has 0 amide bonds. The Bertz CT molecular complexity index is 532. The second-order valence-corrected chi connectivity index (χ2v) is 6.37. The number of benzene rings is 1. The maximum atomic E-state index is 12.0. The first-order valence-corrected chi connectivity index (χ1v) is 7.98. The van der Waals surface area contributed by atoms with E-state index in [9.17, 15) is 8.42 Å². The summed E-state index contributed by atoms with van der Waals surface area (Å²) in [7, 11) is -3.55. The summed E-state index contributed by atoms with van der Waals surface area (Å²) in [6, 6.07) is 4.55. The highest BCUT2D eigenvalue weighted by Gasteiger charge is 2.16. The minimum absolute atomic E-state index is 0.160. The number of halogens is 1. The van der Waals surface area contributed by atoms with Crippen molar-refractivity contribution >= 4 is 31.6 Å². The summed E-state index contributed by atoms with van der Waals surface area (Å²) < 4.78 is 32.1. The van der Waals surface area contributed by atoms with E-state index in [1.807, 2.05) is 0 Å². The van der Waals surface area contributed by atoms with Gasteiger partial charge in [0.2, 0.25) is 10.0 Å².